The van der Waals surface area contributed by atoms with Crippen molar-refractivity contribution in [1.82, 2.24) is 10.2 Å². The molecule has 0 saturated heterocycles. The Morgan fingerprint density at radius 1 is 0.833 bits per heavy atom. The van der Waals surface area contributed by atoms with E-state index >= 15 is 0 Å². The van der Waals surface area contributed by atoms with Gasteiger partial charge in [-0.05, 0) is 30.3 Å². The summed E-state index contributed by atoms with van der Waals surface area (Å²) in [6, 6.07) is 20.7. The maximum absolute atomic E-state index is 14.7. The number of halogens is 1. The zero-order valence-corrected chi connectivity index (χ0v) is 15.9. The molecule has 0 amide bonds. The summed E-state index contributed by atoms with van der Waals surface area (Å²) < 4.78 is 31.8. The Morgan fingerprint density at radius 2 is 1.60 bits per heavy atom. The van der Waals surface area contributed by atoms with Crippen LogP contribution in [0.2, 0.25) is 0 Å². The quantitative estimate of drug-likeness (QED) is 0.514. The summed E-state index contributed by atoms with van der Waals surface area (Å²) >= 11 is 0. The maximum atomic E-state index is 14.7. The summed E-state index contributed by atoms with van der Waals surface area (Å²) in [7, 11) is 0. The van der Waals surface area contributed by atoms with Crippen molar-refractivity contribution in [2.45, 2.75) is 6.04 Å². The smallest absolute Gasteiger partial charge is 0.247 e. The minimum absolute atomic E-state index is 0.258. The lowest BCUT2D eigenvalue weighted by Crippen LogP contribution is -2.17. The molecule has 5 rings (SSSR count). The number of aromatic nitrogens is 2. The molecule has 0 fully saturated rings. The van der Waals surface area contributed by atoms with Gasteiger partial charge in [-0.3, -0.25) is 0 Å². The van der Waals surface area contributed by atoms with E-state index in [1.54, 1.807) is 18.2 Å². The summed E-state index contributed by atoms with van der Waals surface area (Å²) in [4.78, 5) is 0. The van der Waals surface area contributed by atoms with Gasteiger partial charge in [0.2, 0.25) is 11.8 Å². The lowest BCUT2D eigenvalue weighted by Gasteiger charge is -2.21. The van der Waals surface area contributed by atoms with E-state index < -0.39 is 6.04 Å². The van der Waals surface area contributed by atoms with E-state index in [9.17, 15) is 4.39 Å². The molecular weight excluding hydrogens is 385 g/mol. The Morgan fingerprint density at radius 3 is 2.43 bits per heavy atom. The summed E-state index contributed by atoms with van der Waals surface area (Å²) in [6.45, 7) is 0.999. The van der Waals surface area contributed by atoms with Crippen LogP contribution in [0.15, 0.2) is 77.2 Å². The van der Waals surface area contributed by atoms with Crippen molar-refractivity contribution in [3.63, 3.8) is 0 Å². The van der Waals surface area contributed by atoms with Gasteiger partial charge >= 0.3 is 0 Å². The standard InChI is InChI=1S/C23H18FN3O3/c24-18-9-5-4-8-17(18)21(23-27-26-22(30-23)15-6-2-1-3-7-15)25-16-10-11-19-20(14-16)29-13-12-28-19/h1-11,14,21,25H,12-13H2/t21-/m1/s1. The van der Waals surface area contributed by atoms with E-state index in [1.807, 2.05) is 48.5 Å². The molecule has 7 heteroatoms. The highest BCUT2D eigenvalue weighted by molar-refractivity contribution is 5.57. The molecule has 0 spiro atoms. The van der Waals surface area contributed by atoms with Gasteiger partial charge in [0.15, 0.2) is 11.5 Å². The molecule has 0 saturated carbocycles. The minimum atomic E-state index is -0.682. The van der Waals surface area contributed by atoms with Gasteiger partial charge in [0.1, 0.15) is 25.1 Å². The van der Waals surface area contributed by atoms with Crippen LogP contribution in [0.25, 0.3) is 11.5 Å². The molecule has 0 aliphatic carbocycles. The summed E-state index contributed by atoms with van der Waals surface area (Å²) in [5, 5.41) is 11.6. The first-order chi connectivity index (χ1) is 14.8. The topological polar surface area (TPSA) is 69.4 Å². The zero-order chi connectivity index (χ0) is 20.3. The zero-order valence-electron chi connectivity index (χ0n) is 15.9. The van der Waals surface area contributed by atoms with Crippen LogP contribution in [0, 0.1) is 5.82 Å². The van der Waals surface area contributed by atoms with Gasteiger partial charge in [-0.25, -0.2) is 4.39 Å². The highest BCUT2D eigenvalue weighted by atomic mass is 19.1. The van der Waals surface area contributed by atoms with Crippen LogP contribution < -0.4 is 14.8 Å². The molecule has 150 valence electrons. The number of hydrogen-bond donors (Lipinski definition) is 1. The van der Waals surface area contributed by atoms with Gasteiger partial charge in [0.25, 0.3) is 0 Å². The summed E-state index contributed by atoms with van der Waals surface area (Å²) in [5.74, 6) is 1.57. The van der Waals surface area contributed by atoms with Crippen LogP contribution in [-0.2, 0) is 0 Å². The van der Waals surface area contributed by atoms with Crippen LogP contribution in [0.4, 0.5) is 10.1 Å². The molecular formula is C23H18FN3O3. The van der Waals surface area contributed by atoms with E-state index in [4.69, 9.17) is 13.9 Å². The van der Waals surface area contributed by atoms with Crippen LogP contribution in [-0.4, -0.2) is 23.4 Å². The Bertz CT molecular complexity index is 1160. The normalized spacial score (nSPS) is 13.6. The number of benzene rings is 3. The Hall–Kier alpha value is -3.87. The monoisotopic (exact) mass is 403 g/mol. The van der Waals surface area contributed by atoms with Gasteiger partial charge in [0, 0.05) is 22.9 Å². The molecule has 1 atom stereocenters. The van der Waals surface area contributed by atoms with E-state index in [-0.39, 0.29) is 11.7 Å². The molecule has 30 heavy (non-hydrogen) atoms. The fourth-order valence-electron chi connectivity index (χ4n) is 3.33. The van der Waals surface area contributed by atoms with E-state index in [2.05, 4.69) is 15.5 Å². The average molecular weight is 403 g/mol. The van der Waals surface area contributed by atoms with Crippen molar-refractivity contribution < 1.29 is 18.3 Å². The average Bonchev–Trinajstić information content (AvgIpc) is 3.29. The van der Waals surface area contributed by atoms with Crippen LogP contribution >= 0.6 is 0 Å². The number of nitrogens with one attached hydrogen (secondary N) is 1. The second-order valence-corrected chi connectivity index (χ2v) is 6.77. The van der Waals surface area contributed by atoms with Crippen molar-refractivity contribution in [3.8, 4) is 23.0 Å². The first-order valence-corrected chi connectivity index (χ1v) is 9.57. The third-order valence-electron chi connectivity index (χ3n) is 4.78. The highest BCUT2D eigenvalue weighted by Crippen LogP contribution is 2.35. The molecule has 2 heterocycles. The molecule has 0 bridgehead atoms. The van der Waals surface area contributed by atoms with E-state index in [0.29, 0.717) is 41.9 Å². The third-order valence-corrected chi connectivity index (χ3v) is 4.78. The minimum Gasteiger partial charge on any atom is -0.486 e. The van der Waals surface area contributed by atoms with Crippen LogP contribution in [0.3, 0.4) is 0 Å². The van der Waals surface area contributed by atoms with Gasteiger partial charge in [-0.2, -0.15) is 0 Å². The van der Waals surface area contributed by atoms with Crippen molar-refractivity contribution >= 4 is 5.69 Å². The Kier molecular flexibility index (Phi) is 4.77. The molecule has 6 nitrogen and oxygen atoms in total. The van der Waals surface area contributed by atoms with Gasteiger partial charge in [0.05, 0.1) is 0 Å². The molecule has 1 N–H and O–H groups in total. The second kappa shape index (κ2) is 7.87. The van der Waals surface area contributed by atoms with Crippen molar-refractivity contribution in [2.24, 2.45) is 0 Å². The number of ether oxygens (including phenoxy) is 2. The first-order valence-electron chi connectivity index (χ1n) is 9.57. The lowest BCUT2D eigenvalue weighted by molar-refractivity contribution is 0.171. The first kappa shape index (κ1) is 18.2. The van der Waals surface area contributed by atoms with Gasteiger partial charge < -0.3 is 19.2 Å². The molecule has 1 aliphatic heterocycles. The molecule has 1 aliphatic rings. The Labute approximate surface area is 172 Å². The van der Waals surface area contributed by atoms with Gasteiger partial charge in [-0.15, -0.1) is 10.2 Å². The molecule has 4 aromatic rings. The van der Waals surface area contributed by atoms with Crippen LogP contribution in [0.1, 0.15) is 17.5 Å². The summed E-state index contributed by atoms with van der Waals surface area (Å²) in [5.41, 5.74) is 1.91. The predicted octanol–water partition coefficient (Wildman–Crippen LogP) is 4.85. The SMILES string of the molecule is Fc1ccccc1[C@@H](Nc1ccc2c(c1)OCCO2)c1nnc(-c2ccccc2)o1. The highest BCUT2D eigenvalue weighted by Gasteiger charge is 2.25. The fourth-order valence-corrected chi connectivity index (χ4v) is 3.33. The number of hydrogen-bond acceptors (Lipinski definition) is 6. The summed E-state index contributed by atoms with van der Waals surface area (Å²) in [6.07, 6.45) is 0. The second-order valence-electron chi connectivity index (χ2n) is 6.77. The molecule has 3 aromatic carbocycles. The van der Waals surface area contributed by atoms with E-state index in [1.165, 1.54) is 6.07 Å². The van der Waals surface area contributed by atoms with Crippen molar-refractivity contribution in [1.29, 1.82) is 0 Å². The number of rotatable bonds is 5. The van der Waals surface area contributed by atoms with Crippen molar-refractivity contribution in [2.75, 3.05) is 18.5 Å². The van der Waals surface area contributed by atoms with Crippen LogP contribution in [0.5, 0.6) is 11.5 Å². The molecule has 0 radical (unpaired) electrons. The number of fused-ring (bicyclic) bond motifs is 1. The fraction of sp³-hybridized carbons (Fsp3) is 0.130. The number of nitrogens with zero attached hydrogens (tertiary/aromatic N) is 2. The third kappa shape index (κ3) is 3.57. The Balaban J connectivity index is 1.52. The predicted molar refractivity (Wildman–Crippen MR) is 109 cm³/mol. The van der Waals surface area contributed by atoms with Crippen molar-refractivity contribution in [3.05, 3.63) is 90.1 Å². The molecule has 0 unspecified atom stereocenters. The maximum Gasteiger partial charge on any atom is 0.247 e. The lowest BCUT2D eigenvalue weighted by atomic mass is 10.1. The molecule has 1 aromatic heterocycles. The van der Waals surface area contributed by atoms with Gasteiger partial charge in [-0.1, -0.05) is 36.4 Å². The van der Waals surface area contributed by atoms with E-state index in [0.717, 1.165) is 5.56 Å². The number of anilines is 1. The largest absolute Gasteiger partial charge is 0.486 e.